The number of rotatable bonds is 5. The van der Waals surface area contributed by atoms with E-state index in [0.717, 1.165) is 5.56 Å². The predicted molar refractivity (Wildman–Crippen MR) is 131 cm³/mol. The number of thioether (sulfide) groups is 1. The maximum Gasteiger partial charge on any atom is 0.343 e. The highest BCUT2D eigenvalue weighted by molar-refractivity contribution is 8.18. The van der Waals surface area contributed by atoms with Gasteiger partial charge in [-0.3, -0.25) is 4.79 Å². The molecule has 1 aliphatic rings. The van der Waals surface area contributed by atoms with Gasteiger partial charge in [0.25, 0.3) is 5.91 Å². The van der Waals surface area contributed by atoms with Crippen LogP contribution in [0.1, 0.15) is 21.5 Å². The summed E-state index contributed by atoms with van der Waals surface area (Å²) in [4.78, 5) is 29.7. The van der Waals surface area contributed by atoms with Crippen molar-refractivity contribution in [2.24, 2.45) is 4.99 Å². The third-order valence-corrected chi connectivity index (χ3v) is 5.85. The summed E-state index contributed by atoms with van der Waals surface area (Å²) >= 11 is 7.13. The Morgan fingerprint density at radius 2 is 1.76 bits per heavy atom. The van der Waals surface area contributed by atoms with Crippen molar-refractivity contribution in [2.75, 3.05) is 7.11 Å². The number of nitrogens with one attached hydrogen (secondary N) is 1. The van der Waals surface area contributed by atoms with E-state index in [-0.39, 0.29) is 5.91 Å². The van der Waals surface area contributed by atoms with Crippen molar-refractivity contribution in [2.45, 2.75) is 6.92 Å². The van der Waals surface area contributed by atoms with Crippen LogP contribution in [-0.4, -0.2) is 24.2 Å². The Kier molecular flexibility index (Phi) is 6.82. The maximum atomic E-state index is 12.4. The van der Waals surface area contributed by atoms with Crippen LogP contribution in [0.3, 0.4) is 0 Å². The molecule has 1 saturated heterocycles. The van der Waals surface area contributed by atoms with Gasteiger partial charge in [-0.1, -0.05) is 35.4 Å². The normalized spacial score (nSPS) is 15.5. The zero-order valence-electron chi connectivity index (χ0n) is 17.8. The summed E-state index contributed by atoms with van der Waals surface area (Å²) in [6, 6.07) is 19.2. The first kappa shape index (κ1) is 22.6. The number of nitrogens with zero attached hydrogens (tertiary/aromatic N) is 1. The second-order valence-electron chi connectivity index (χ2n) is 7.12. The number of carbonyl (C=O) groups is 2. The molecule has 0 atom stereocenters. The average Bonchev–Trinajstić information content (AvgIpc) is 3.15. The van der Waals surface area contributed by atoms with Crippen LogP contribution < -0.4 is 14.8 Å². The zero-order chi connectivity index (χ0) is 23.4. The number of hydrogen-bond donors (Lipinski definition) is 1. The van der Waals surface area contributed by atoms with Gasteiger partial charge in [0.15, 0.2) is 16.7 Å². The molecule has 166 valence electrons. The van der Waals surface area contributed by atoms with Gasteiger partial charge in [0.2, 0.25) is 0 Å². The molecule has 1 N–H and O–H groups in total. The Morgan fingerprint density at radius 1 is 1.03 bits per heavy atom. The molecule has 6 nitrogen and oxygen atoms in total. The Bertz CT molecular complexity index is 1270. The van der Waals surface area contributed by atoms with E-state index < -0.39 is 5.97 Å². The fourth-order valence-corrected chi connectivity index (χ4v) is 3.94. The standard InChI is InChI=1S/C25H19ClN2O4S/c1-15-3-6-17(7-4-15)24(30)32-20-12-5-16(13-21(20)31-2)14-22-23(29)28-25(33-22)27-19-10-8-18(26)9-11-19/h3-14H,1-2H3,(H,27,28,29)/b22-14-. The van der Waals surface area contributed by atoms with E-state index in [1.54, 1.807) is 60.7 Å². The number of amidine groups is 1. The smallest absolute Gasteiger partial charge is 0.343 e. The second kappa shape index (κ2) is 9.94. The van der Waals surface area contributed by atoms with Crippen LogP contribution in [-0.2, 0) is 4.79 Å². The van der Waals surface area contributed by atoms with Crippen LogP contribution in [0, 0.1) is 6.92 Å². The van der Waals surface area contributed by atoms with E-state index >= 15 is 0 Å². The van der Waals surface area contributed by atoms with Crippen molar-refractivity contribution >= 4 is 52.2 Å². The molecular formula is C25H19ClN2O4S. The van der Waals surface area contributed by atoms with Crippen molar-refractivity contribution < 1.29 is 19.1 Å². The van der Waals surface area contributed by atoms with Gasteiger partial charge in [0.05, 0.1) is 23.3 Å². The lowest BCUT2D eigenvalue weighted by Crippen LogP contribution is -2.19. The van der Waals surface area contributed by atoms with Crippen molar-refractivity contribution in [3.63, 3.8) is 0 Å². The number of ether oxygens (including phenoxy) is 2. The summed E-state index contributed by atoms with van der Waals surface area (Å²) in [6.07, 6.45) is 1.72. The molecule has 0 aromatic heterocycles. The molecule has 33 heavy (non-hydrogen) atoms. The van der Waals surface area contributed by atoms with E-state index in [2.05, 4.69) is 10.3 Å². The van der Waals surface area contributed by atoms with Gasteiger partial charge in [0.1, 0.15) is 0 Å². The van der Waals surface area contributed by atoms with Crippen molar-refractivity contribution in [3.8, 4) is 11.5 Å². The summed E-state index contributed by atoms with van der Waals surface area (Å²) in [5, 5.41) is 3.84. The second-order valence-corrected chi connectivity index (χ2v) is 8.59. The highest BCUT2D eigenvalue weighted by Crippen LogP contribution is 2.33. The van der Waals surface area contributed by atoms with Crippen molar-refractivity contribution in [1.29, 1.82) is 0 Å². The van der Waals surface area contributed by atoms with Gasteiger partial charge in [-0.05, 0) is 78.9 Å². The van der Waals surface area contributed by atoms with E-state index in [9.17, 15) is 9.59 Å². The molecule has 0 aliphatic carbocycles. The lowest BCUT2D eigenvalue weighted by atomic mass is 10.1. The molecule has 8 heteroatoms. The number of carbonyl (C=O) groups excluding carboxylic acids is 2. The van der Waals surface area contributed by atoms with Crippen LogP contribution in [0.25, 0.3) is 6.08 Å². The zero-order valence-corrected chi connectivity index (χ0v) is 19.4. The monoisotopic (exact) mass is 478 g/mol. The minimum Gasteiger partial charge on any atom is -0.493 e. The number of aliphatic imine (C=N–C) groups is 1. The summed E-state index contributed by atoms with van der Waals surface area (Å²) in [7, 11) is 1.49. The van der Waals surface area contributed by atoms with Crippen LogP contribution in [0.2, 0.25) is 5.02 Å². The van der Waals surface area contributed by atoms with Gasteiger partial charge in [-0.25, -0.2) is 9.79 Å². The molecule has 0 unspecified atom stereocenters. The summed E-state index contributed by atoms with van der Waals surface area (Å²) in [5.41, 5.74) is 2.90. The van der Waals surface area contributed by atoms with E-state index in [1.165, 1.54) is 18.9 Å². The number of aryl methyl sites for hydroxylation is 1. The fourth-order valence-electron chi connectivity index (χ4n) is 2.97. The van der Waals surface area contributed by atoms with Crippen LogP contribution in [0.5, 0.6) is 11.5 Å². The molecule has 0 bridgehead atoms. The van der Waals surface area contributed by atoms with Crippen LogP contribution in [0.15, 0.2) is 76.6 Å². The van der Waals surface area contributed by atoms with Gasteiger partial charge in [-0.2, -0.15) is 0 Å². The molecule has 1 aliphatic heterocycles. The Morgan fingerprint density at radius 3 is 2.45 bits per heavy atom. The van der Waals surface area contributed by atoms with Gasteiger partial charge < -0.3 is 14.8 Å². The lowest BCUT2D eigenvalue weighted by molar-refractivity contribution is -0.115. The largest absolute Gasteiger partial charge is 0.493 e. The van der Waals surface area contributed by atoms with Crippen molar-refractivity contribution in [1.82, 2.24) is 5.32 Å². The molecule has 1 fully saturated rings. The molecule has 0 saturated carbocycles. The predicted octanol–water partition coefficient (Wildman–Crippen LogP) is 5.77. The number of amides is 1. The van der Waals surface area contributed by atoms with E-state index in [1.807, 2.05) is 19.1 Å². The molecule has 1 amide bonds. The Labute approximate surface area is 200 Å². The molecule has 3 aromatic carbocycles. The number of hydrogen-bond acceptors (Lipinski definition) is 6. The maximum absolute atomic E-state index is 12.4. The minimum absolute atomic E-state index is 0.249. The third kappa shape index (κ3) is 5.63. The summed E-state index contributed by atoms with van der Waals surface area (Å²) in [5.74, 6) is -0.0586. The van der Waals surface area contributed by atoms with Crippen LogP contribution in [0.4, 0.5) is 5.69 Å². The van der Waals surface area contributed by atoms with E-state index in [4.69, 9.17) is 21.1 Å². The molecule has 1 heterocycles. The SMILES string of the molecule is COc1cc(/C=C2\SC(=Nc3ccc(Cl)cc3)NC2=O)ccc1OC(=O)c1ccc(C)cc1. The molecule has 3 aromatic rings. The number of esters is 1. The van der Waals surface area contributed by atoms with Crippen LogP contribution >= 0.6 is 23.4 Å². The molecular weight excluding hydrogens is 460 g/mol. The highest BCUT2D eigenvalue weighted by Gasteiger charge is 2.24. The topological polar surface area (TPSA) is 77.0 Å². The summed E-state index contributed by atoms with van der Waals surface area (Å²) in [6.45, 7) is 1.95. The first-order chi connectivity index (χ1) is 15.9. The van der Waals surface area contributed by atoms with Gasteiger partial charge >= 0.3 is 5.97 Å². The number of benzene rings is 3. The van der Waals surface area contributed by atoms with Gasteiger partial charge in [-0.15, -0.1) is 0 Å². The first-order valence-electron chi connectivity index (χ1n) is 9.93. The molecule has 0 radical (unpaired) electrons. The average molecular weight is 479 g/mol. The number of halogens is 1. The van der Waals surface area contributed by atoms with Gasteiger partial charge in [0, 0.05) is 5.02 Å². The Hall–Kier alpha value is -3.55. The Balaban J connectivity index is 1.51. The first-order valence-corrected chi connectivity index (χ1v) is 11.1. The van der Waals surface area contributed by atoms with E-state index in [0.29, 0.717) is 43.4 Å². The lowest BCUT2D eigenvalue weighted by Gasteiger charge is -2.10. The quantitative estimate of drug-likeness (QED) is 0.286. The van der Waals surface area contributed by atoms with Crippen molar-refractivity contribution in [3.05, 3.63) is 93.3 Å². The summed E-state index contributed by atoms with van der Waals surface area (Å²) < 4.78 is 10.9. The fraction of sp³-hybridized carbons (Fsp3) is 0.0800. The minimum atomic E-state index is -0.479. The highest BCUT2D eigenvalue weighted by atomic mass is 35.5. The third-order valence-electron chi connectivity index (χ3n) is 4.68. The molecule has 0 spiro atoms. The number of methoxy groups -OCH3 is 1. The molecule has 4 rings (SSSR count).